The molecule has 0 aliphatic carbocycles. The van der Waals surface area contributed by atoms with Crippen molar-refractivity contribution >= 4 is 22.4 Å². The number of nitrogens with one attached hydrogen (secondary N) is 1. The molecule has 110 valence electrons. The highest BCUT2D eigenvalue weighted by Crippen LogP contribution is 2.36. The van der Waals surface area contributed by atoms with E-state index < -0.39 is 0 Å². The van der Waals surface area contributed by atoms with Crippen LogP contribution in [0.3, 0.4) is 0 Å². The summed E-state index contributed by atoms with van der Waals surface area (Å²) in [6, 6.07) is 8.88. The summed E-state index contributed by atoms with van der Waals surface area (Å²) in [5.74, 6) is 1.36. The third-order valence-corrected chi connectivity index (χ3v) is 3.90. The monoisotopic (exact) mass is 314 g/mol. The summed E-state index contributed by atoms with van der Waals surface area (Å²) in [6.07, 6.45) is 1.45. The molecule has 1 aromatic carbocycles. The van der Waals surface area contributed by atoms with Crippen molar-refractivity contribution in [2.24, 2.45) is 0 Å². The second-order valence-corrected chi connectivity index (χ2v) is 5.40. The van der Waals surface area contributed by atoms with E-state index >= 15 is 0 Å². The van der Waals surface area contributed by atoms with E-state index in [1.807, 2.05) is 23.6 Å². The van der Waals surface area contributed by atoms with E-state index in [-0.39, 0.29) is 18.5 Å². The number of carbonyl (C=O) groups is 1. The standard InChI is InChI=1S/C15H10N2O4S/c18-14(12-2-1-5-19-12)17-15-16-10(7-22-15)9-3-4-11-13(6-9)21-8-20-11/h1-7H,8H2,(H,16,17,18). The number of aromatic nitrogens is 1. The van der Waals surface area contributed by atoms with Crippen LogP contribution in [-0.2, 0) is 0 Å². The Bertz CT molecular complexity index is 826. The van der Waals surface area contributed by atoms with Gasteiger partial charge in [-0.15, -0.1) is 11.3 Å². The molecule has 0 saturated heterocycles. The lowest BCUT2D eigenvalue weighted by Gasteiger charge is -2.00. The molecule has 0 saturated carbocycles. The van der Waals surface area contributed by atoms with Gasteiger partial charge in [0.1, 0.15) is 0 Å². The molecule has 0 unspecified atom stereocenters. The number of benzene rings is 1. The Morgan fingerprint density at radius 3 is 3.00 bits per heavy atom. The quantitative estimate of drug-likeness (QED) is 0.802. The Hall–Kier alpha value is -2.80. The Labute approximate surface area is 129 Å². The highest BCUT2D eigenvalue weighted by molar-refractivity contribution is 7.14. The normalized spacial score (nSPS) is 12.4. The summed E-state index contributed by atoms with van der Waals surface area (Å²) in [7, 11) is 0. The van der Waals surface area contributed by atoms with E-state index in [1.54, 1.807) is 12.1 Å². The van der Waals surface area contributed by atoms with Gasteiger partial charge in [0.2, 0.25) is 6.79 Å². The molecule has 4 rings (SSSR count). The molecule has 7 heteroatoms. The molecule has 1 N–H and O–H groups in total. The molecular formula is C15H10N2O4S. The van der Waals surface area contributed by atoms with E-state index in [2.05, 4.69) is 10.3 Å². The van der Waals surface area contributed by atoms with E-state index in [0.29, 0.717) is 10.9 Å². The van der Waals surface area contributed by atoms with Crippen molar-refractivity contribution in [3.63, 3.8) is 0 Å². The van der Waals surface area contributed by atoms with Crippen LogP contribution in [0.1, 0.15) is 10.6 Å². The topological polar surface area (TPSA) is 73.6 Å². The van der Waals surface area contributed by atoms with E-state index in [4.69, 9.17) is 13.9 Å². The maximum absolute atomic E-state index is 11.9. The number of hydrogen-bond donors (Lipinski definition) is 1. The van der Waals surface area contributed by atoms with Crippen LogP contribution in [0.2, 0.25) is 0 Å². The number of anilines is 1. The van der Waals surface area contributed by atoms with Gasteiger partial charge in [0.25, 0.3) is 5.91 Å². The molecule has 0 radical (unpaired) electrons. The first-order valence-electron chi connectivity index (χ1n) is 6.50. The fourth-order valence-electron chi connectivity index (χ4n) is 2.09. The molecule has 3 aromatic rings. The Kier molecular flexibility index (Phi) is 3.05. The number of nitrogens with zero attached hydrogens (tertiary/aromatic N) is 1. The number of thiazole rings is 1. The summed E-state index contributed by atoms with van der Waals surface area (Å²) in [5.41, 5.74) is 1.66. The largest absolute Gasteiger partial charge is 0.459 e. The Balaban J connectivity index is 1.55. The van der Waals surface area contributed by atoms with E-state index in [1.165, 1.54) is 17.6 Å². The first-order chi connectivity index (χ1) is 10.8. The minimum Gasteiger partial charge on any atom is -0.459 e. The number of hydrogen-bond acceptors (Lipinski definition) is 6. The zero-order valence-electron chi connectivity index (χ0n) is 11.2. The summed E-state index contributed by atoms with van der Waals surface area (Å²) in [6.45, 7) is 0.236. The van der Waals surface area contributed by atoms with Crippen molar-refractivity contribution in [3.05, 3.63) is 47.7 Å². The van der Waals surface area contributed by atoms with Gasteiger partial charge in [-0.25, -0.2) is 4.98 Å². The fourth-order valence-corrected chi connectivity index (χ4v) is 2.80. The average molecular weight is 314 g/mol. The van der Waals surface area contributed by atoms with Gasteiger partial charge in [-0.05, 0) is 30.3 Å². The molecule has 0 spiro atoms. The molecule has 0 bridgehead atoms. The lowest BCUT2D eigenvalue weighted by Crippen LogP contribution is -2.10. The summed E-state index contributed by atoms with van der Waals surface area (Å²) < 4.78 is 15.7. The molecular weight excluding hydrogens is 304 g/mol. The van der Waals surface area contributed by atoms with Gasteiger partial charge in [-0.2, -0.15) is 0 Å². The van der Waals surface area contributed by atoms with Crippen molar-refractivity contribution in [3.8, 4) is 22.8 Å². The minimum atomic E-state index is -0.323. The molecule has 1 aliphatic rings. The predicted octanol–water partition coefficient (Wildman–Crippen LogP) is 3.38. The number of fused-ring (bicyclic) bond motifs is 1. The van der Waals surface area contributed by atoms with Gasteiger partial charge in [0.15, 0.2) is 22.4 Å². The third-order valence-electron chi connectivity index (χ3n) is 3.14. The molecule has 1 amide bonds. The van der Waals surface area contributed by atoms with Crippen molar-refractivity contribution in [1.29, 1.82) is 0 Å². The second-order valence-electron chi connectivity index (χ2n) is 4.54. The first-order valence-corrected chi connectivity index (χ1v) is 7.38. The minimum absolute atomic E-state index is 0.236. The highest BCUT2D eigenvalue weighted by atomic mass is 32.1. The molecule has 0 atom stereocenters. The third kappa shape index (κ3) is 2.31. The van der Waals surface area contributed by atoms with Gasteiger partial charge in [-0.3, -0.25) is 10.1 Å². The molecule has 22 heavy (non-hydrogen) atoms. The van der Waals surface area contributed by atoms with Crippen LogP contribution in [0.5, 0.6) is 11.5 Å². The maximum atomic E-state index is 11.9. The summed E-state index contributed by atoms with van der Waals surface area (Å²) in [4.78, 5) is 16.3. The smallest absolute Gasteiger partial charge is 0.293 e. The van der Waals surface area contributed by atoms with Crippen LogP contribution >= 0.6 is 11.3 Å². The van der Waals surface area contributed by atoms with Crippen LogP contribution in [0.15, 0.2) is 46.4 Å². The Morgan fingerprint density at radius 1 is 1.23 bits per heavy atom. The number of amides is 1. The molecule has 6 nitrogen and oxygen atoms in total. The number of ether oxygens (including phenoxy) is 2. The van der Waals surface area contributed by atoms with Crippen molar-refractivity contribution in [2.45, 2.75) is 0 Å². The van der Waals surface area contributed by atoms with Crippen molar-refractivity contribution < 1.29 is 18.7 Å². The van der Waals surface area contributed by atoms with Crippen LogP contribution in [0.4, 0.5) is 5.13 Å². The molecule has 2 aromatic heterocycles. The van der Waals surface area contributed by atoms with E-state index in [0.717, 1.165) is 17.0 Å². The van der Waals surface area contributed by atoms with Crippen molar-refractivity contribution in [1.82, 2.24) is 4.98 Å². The lowest BCUT2D eigenvalue weighted by atomic mass is 10.1. The molecule has 3 heterocycles. The van der Waals surface area contributed by atoms with Crippen LogP contribution in [0.25, 0.3) is 11.3 Å². The molecule has 1 aliphatic heterocycles. The predicted molar refractivity (Wildman–Crippen MR) is 80.3 cm³/mol. The number of rotatable bonds is 3. The number of furan rings is 1. The lowest BCUT2D eigenvalue weighted by molar-refractivity contribution is 0.0996. The van der Waals surface area contributed by atoms with Crippen LogP contribution in [-0.4, -0.2) is 17.7 Å². The zero-order valence-corrected chi connectivity index (χ0v) is 12.1. The van der Waals surface area contributed by atoms with Crippen LogP contribution in [0, 0.1) is 0 Å². The number of carbonyl (C=O) groups excluding carboxylic acids is 1. The van der Waals surface area contributed by atoms with Crippen LogP contribution < -0.4 is 14.8 Å². The van der Waals surface area contributed by atoms with Gasteiger partial charge in [0, 0.05) is 10.9 Å². The average Bonchev–Trinajstić information content (AvgIpc) is 3.27. The fraction of sp³-hybridized carbons (Fsp3) is 0.0667. The molecule has 0 fully saturated rings. The van der Waals surface area contributed by atoms with Gasteiger partial charge >= 0.3 is 0 Å². The SMILES string of the molecule is O=C(Nc1nc(-c2ccc3c(c2)OCO3)cs1)c1ccco1. The summed E-state index contributed by atoms with van der Waals surface area (Å²) in [5, 5.41) is 5.08. The maximum Gasteiger partial charge on any atom is 0.293 e. The van der Waals surface area contributed by atoms with Gasteiger partial charge < -0.3 is 13.9 Å². The summed E-state index contributed by atoms with van der Waals surface area (Å²) >= 11 is 1.35. The van der Waals surface area contributed by atoms with Gasteiger partial charge in [-0.1, -0.05) is 0 Å². The highest BCUT2D eigenvalue weighted by Gasteiger charge is 2.16. The Morgan fingerprint density at radius 2 is 2.14 bits per heavy atom. The van der Waals surface area contributed by atoms with E-state index in [9.17, 15) is 4.79 Å². The second kappa shape index (κ2) is 5.19. The first kappa shape index (κ1) is 12.9. The zero-order chi connectivity index (χ0) is 14.9. The van der Waals surface area contributed by atoms with Crippen molar-refractivity contribution in [2.75, 3.05) is 12.1 Å². The van der Waals surface area contributed by atoms with Gasteiger partial charge in [0.05, 0.1) is 12.0 Å².